The second-order valence-corrected chi connectivity index (χ2v) is 5.89. The lowest BCUT2D eigenvalue weighted by molar-refractivity contribution is -0.00527. The van der Waals surface area contributed by atoms with Gasteiger partial charge in [0, 0.05) is 6.54 Å². The van der Waals surface area contributed by atoms with Crippen LogP contribution in [0.2, 0.25) is 0 Å². The van der Waals surface area contributed by atoms with E-state index >= 15 is 0 Å². The first kappa shape index (κ1) is 15.6. The van der Waals surface area contributed by atoms with Crippen LogP contribution in [0.3, 0.4) is 0 Å². The van der Waals surface area contributed by atoms with E-state index in [1.165, 1.54) is 12.5 Å². The number of hydrogen-bond donors (Lipinski definition) is 0. The molecule has 0 N–H and O–H groups in total. The Morgan fingerprint density at radius 2 is 2.12 bits per heavy atom. The van der Waals surface area contributed by atoms with E-state index in [4.69, 9.17) is 9.15 Å². The van der Waals surface area contributed by atoms with Crippen LogP contribution in [0.4, 0.5) is 0 Å². The Labute approximate surface area is 144 Å². The van der Waals surface area contributed by atoms with Gasteiger partial charge in [-0.2, -0.15) is 5.10 Å². The van der Waals surface area contributed by atoms with Gasteiger partial charge in [-0.3, -0.25) is 4.79 Å². The molecule has 1 aromatic carbocycles. The van der Waals surface area contributed by atoms with Gasteiger partial charge in [0.2, 0.25) is 0 Å². The Bertz CT molecular complexity index is 829. The molecular formula is C18H18N4O3. The molecule has 1 atom stereocenters. The van der Waals surface area contributed by atoms with Gasteiger partial charge in [-0.25, -0.2) is 9.67 Å². The molecule has 1 aliphatic heterocycles. The fourth-order valence-electron chi connectivity index (χ4n) is 2.92. The number of nitrogens with zero attached hydrogens (tertiary/aromatic N) is 4. The van der Waals surface area contributed by atoms with E-state index in [0.29, 0.717) is 37.7 Å². The van der Waals surface area contributed by atoms with Gasteiger partial charge in [0.05, 0.1) is 31.6 Å². The first-order valence-corrected chi connectivity index (χ1v) is 8.15. The molecule has 128 valence electrons. The van der Waals surface area contributed by atoms with Crippen LogP contribution >= 0.6 is 0 Å². The third-order valence-electron chi connectivity index (χ3n) is 4.20. The molecule has 25 heavy (non-hydrogen) atoms. The van der Waals surface area contributed by atoms with Gasteiger partial charge in [0.1, 0.15) is 18.6 Å². The molecule has 1 saturated heterocycles. The zero-order valence-corrected chi connectivity index (χ0v) is 13.6. The van der Waals surface area contributed by atoms with Crippen molar-refractivity contribution in [2.24, 2.45) is 0 Å². The molecule has 1 unspecified atom stereocenters. The maximum Gasteiger partial charge on any atom is 0.257 e. The first-order chi connectivity index (χ1) is 12.3. The lowest BCUT2D eigenvalue weighted by Crippen LogP contribution is -2.43. The standard InChI is InChI=1S/C18H18N4O3/c23-18(15-6-8-24-11-15)22-7-9-25-12-16(22)17-19-13-21(20-17)10-14-4-2-1-3-5-14/h1-6,8,11,13,16H,7,9-10,12H2. The van der Waals surface area contributed by atoms with Gasteiger partial charge < -0.3 is 14.1 Å². The molecular weight excluding hydrogens is 320 g/mol. The van der Waals surface area contributed by atoms with Gasteiger partial charge in [-0.05, 0) is 11.6 Å². The van der Waals surface area contributed by atoms with E-state index in [2.05, 4.69) is 10.1 Å². The number of ether oxygens (including phenoxy) is 1. The molecule has 3 heterocycles. The third kappa shape index (κ3) is 3.32. The third-order valence-corrected chi connectivity index (χ3v) is 4.20. The van der Waals surface area contributed by atoms with Crippen LogP contribution in [0.15, 0.2) is 59.7 Å². The number of furan rings is 1. The number of carbonyl (C=O) groups excluding carboxylic acids is 1. The summed E-state index contributed by atoms with van der Waals surface area (Å²) in [5, 5.41) is 4.55. The highest BCUT2D eigenvalue weighted by Gasteiger charge is 2.32. The van der Waals surface area contributed by atoms with Gasteiger partial charge in [0.15, 0.2) is 5.82 Å². The minimum Gasteiger partial charge on any atom is -0.472 e. The van der Waals surface area contributed by atoms with Crippen molar-refractivity contribution in [3.05, 3.63) is 72.2 Å². The highest BCUT2D eigenvalue weighted by atomic mass is 16.5. The van der Waals surface area contributed by atoms with E-state index < -0.39 is 0 Å². The SMILES string of the molecule is O=C(c1ccoc1)N1CCOCC1c1ncn(Cc2ccccc2)n1. The summed E-state index contributed by atoms with van der Waals surface area (Å²) < 4.78 is 12.4. The summed E-state index contributed by atoms with van der Waals surface area (Å²) in [5.41, 5.74) is 1.67. The fraction of sp³-hybridized carbons (Fsp3) is 0.278. The van der Waals surface area contributed by atoms with Gasteiger partial charge in [-0.15, -0.1) is 0 Å². The van der Waals surface area contributed by atoms with E-state index in [1.807, 2.05) is 30.3 Å². The number of rotatable bonds is 4. The Morgan fingerprint density at radius 1 is 1.24 bits per heavy atom. The van der Waals surface area contributed by atoms with Crippen LogP contribution in [-0.4, -0.2) is 45.3 Å². The summed E-state index contributed by atoms with van der Waals surface area (Å²) in [4.78, 5) is 18.8. The second-order valence-electron chi connectivity index (χ2n) is 5.89. The summed E-state index contributed by atoms with van der Waals surface area (Å²) >= 11 is 0. The Kier molecular flexibility index (Phi) is 4.30. The summed E-state index contributed by atoms with van der Waals surface area (Å²) in [6.07, 6.45) is 4.64. The number of carbonyl (C=O) groups is 1. The van der Waals surface area contributed by atoms with Gasteiger partial charge in [0.25, 0.3) is 5.91 Å². The Morgan fingerprint density at radius 3 is 2.92 bits per heavy atom. The lowest BCUT2D eigenvalue weighted by Gasteiger charge is -2.33. The second kappa shape index (κ2) is 6.90. The predicted octanol–water partition coefficient (Wildman–Crippen LogP) is 2.13. The molecule has 0 saturated carbocycles. The van der Waals surface area contributed by atoms with Crippen molar-refractivity contribution in [1.82, 2.24) is 19.7 Å². The monoisotopic (exact) mass is 338 g/mol. The van der Waals surface area contributed by atoms with Crippen molar-refractivity contribution in [3.8, 4) is 0 Å². The highest BCUT2D eigenvalue weighted by molar-refractivity contribution is 5.94. The summed E-state index contributed by atoms with van der Waals surface area (Å²) in [5.74, 6) is 0.494. The summed E-state index contributed by atoms with van der Waals surface area (Å²) in [6.45, 7) is 2.03. The van der Waals surface area contributed by atoms with E-state index in [1.54, 1.807) is 22.0 Å². The summed E-state index contributed by atoms with van der Waals surface area (Å²) in [7, 11) is 0. The summed E-state index contributed by atoms with van der Waals surface area (Å²) in [6, 6.07) is 11.4. The van der Waals surface area contributed by atoms with Gasteiger partial charge in [-0.1, -0.05) is 30.3 Å². The largest absolute Gasteiger partial charge is 0.472 e. The van der Waals surface area contributed by atoms with E-state index in [9.17, 15) is 4.79 Å². The van der Waals surface area contributed by atoms with Crippen LogP contribution in [0.1, 0.15) is 27.8 Å². The zero-order valence-electron chi connectivity index (χ0n) is 13.6. The van der Waals surface area contributed by atoms with Crippen molar-refractivity contribution in [2.75, 3.05) is 19.8 Å². The maximum absolute atomic E-state index is 12.7. The molecule has 1 fully saturated rings. The van der Waals surface area contributed by atoms with Crippen LogP contribution in [0.5, 0.6) is 0 Å². The normalized spacial score (nSPS) is 17.6. The van der Waals surface area contributed by atoms with Crippen molar-refractivity contribution in [3.63, 3.8) is 0 Å². The Hall–Kier alpha value is -2.93. The predicted molar refractivity (Wildman–Crippen MR) is 88.9 cm³/mol. The van der Waals surface area contributed by atoms with Crippen LogP contribution < -0.4 is 0 Å². The number of morpholine rings is 1. The molecule has 1 amide bonds. The fourth-order valence-corrected chi connectivity index (χ4v) is 2.92. The van der Waals surface area contributed by atoms with Crippen LogP contribution in [0, 0.1) is 0 Å². The lowest BCUT2D eigenvalue weighted by atomic mass is 10.2. The zero-order chi connectivity index (χ0) is 17.1. The van der Waals surface area contributed by atoms with Crippen LogP contribution in [0.25, 0.3) is 0 Å². The number of hydrogen-bond acceptors (Lipinski definition) is 5. The molecule has 0 radical (unpaired) electrons. The van der Waals surface area contributed by atoms with Crippen molar-refractivity contribution >= 4 is 5.91 Å². The molecule has 7 nitrogen and oxygen atoms in total. The minimum absolute atomic E-state index is 0.0959. The first-order valence-electron chi connectivity index (χ1n) is 8.15. The van der Waals surface area contributed by atoms with Crippen LogP contribution in [-0.2, 0) is 11.3 Å². The average Bonchev–Trinajstić information content (AvgIpc) is 3.34. The molecule has 7 heteroatoms. The number of benzene rings is 1. The highest BCUT2D eigenvalue weighted by Crippen LogP contribution is 2.23. The molecule has 0 aliphatic carbocycles. The van der Waals surface area contributed by atoms with Crippen molar-refractivity contribution in [2.45, 2.75) is 12.6 Å². The quantitative estimate of drug-likeness (QED) is 0.729. The average molecular weight is 338 g/mol. The maximum atomic E-state index is 12.7. The van der Waals surface area contributed by atoms with Crippen molar-refractivity contribution in [1.29, 1.82) is 0 Å². The van der Waals surface area contributed by atoms with Gasteiger partial charge >= 0.3 is 0 Å². The van der Waals surface area contributed by atoms with Crippen molar-refractivity contribution < 1.29 is 13.9 Å². The van der Waals surface area contributed by atoms with E-state index in [0.717, 1.165) is 5.56 Å². The smallest absolute Gasteiger partial charge is 0.257 e. The minimum atomic E-state index is -0.298. The number of amides is 1. The molecule has 3 aromatic rings. The molecule has 4 rings (SSSR count). The molecule has 2 aromatic heterocycles. The topological polar surface area (TPSA) is 73.4 Å². The molecule has 0 spiro atoms. The molecule has 1 aliphatic rings. The Balaban J connectivity index is 1.54. The number of aromatic nitrogens is 3. The molecule has 0 bridgehead atoms. The van der Waals surface area contributed by atoms with E-state index in [-0.39, 0.29) is 11.9 Å².